The monoisotopic (exact) mass is 391 g/mol. The summed E-state index contributed by atoms with van der Waals surface area (Å²) in [6, 6.07) is 13.6. The number of hydrogen-bond donors (Lipinski definition) is 1. The summed E-state index contributed by atoms with van der Waals surface area (Å²) >= 11 is 0. The number of aromatic amines is 1. The fourth-order valence-electron chi connectivity index (χ4n) is 3.74. The van der Waals surface area contributed by atoms with Crippen LogP contribution in [0.2, 0.25) is 0 Å². The lowest BCUT2D eigenvalue weighted by molar-refractivity contribution is 0.0747. The van der Waals surface area contributed by atoms with Crippen LogP contribution in [0.25, 0.3) is 11.4 Å². The molecule has 4 rings (SSSR count). The molecule has 1 aliphatic heterocycles. The van der Waals surface area contributed by atoms with Gasteiger partial charge in [0.1, 0.15) is 0 Å². The predicted molar refractivity (Wildman–Crippen MR) is 113 cm³/mol. The van der Waals surface area contributed by atoms with E-state index in [4.69, 9.17) is 0 Å². The first-order chi connectivity index (χ1) is 13.9. The third-order valence-electron chi connectivity index (χ3n) is 5.64. The minimum Gasteiger partial charge on any atom is -0.368 e. The molecule has 0 aliphatic carbocycles. The standard InChI is InChI=1S/C22H25N5O2/c1-15-6-4-9-19(16(15)2)26-10-12-27(13-11-26)21(28)18-8-5-7-17(14-18)20-23-22(29)25(3)24-20/h4-9,14H,10-13H2,1-3H3,(H,23,24,29). The van der Waals surface area contributed by atoms with Crippen LogP contribution in [0.1, 0.15) is 21.5 Å². The summed E-state index contributed by atoms with van der Waals surface area (Å²) in [6.45, 7) is 7.25. The quantitative estimate of drug-likeness (QED) is 0.744. The summed E-state index contributed by atoms with van der Waals surface area (Å²) in [4.78, 5) is 31.6. The van der Waals surface area contributed by atoms with E-state index in [1.165, 1.54) is 21.5 Å². The van der Waals surface area contributed by atoms with Gasteiger partial charge in [0, 0.05) is 50.0 Å². The van der Waals surface area contributed by atoms with Gasteiger partial charge in [-0.25, -0.2) is 9.48 Å². The van der Waals surface area contributed by atoms with Crippen LogP contribution in [0.3, 0.4) is 0 Å². The van der Waals surface area contributed by atoms with E-state index in [2.05, 4.69) is 47.0 Å². The molecule has 150 valence electrons. The molecule has 1 saturated heterocycles. The molecule has 0 saturated carbocycles. The number of anilines is 1. The van der Waals surface area contributed by atoms with E-state index < -0.39 is 0 Å². The molecule has 0 spiro atoms. The third kappa shape index (κ3) is 3.68. The lowest BCUT2D eigenvalue weighted by atomic mass is 10.1. The molecule has 2 aromatic carbocycles. The van der Waals surface area contributed by atoms with E-state index >= 15 is 0 Å². The number of hydrogen-bond acceptors (Lipinski definition) is 4. The topological polar surface area (TPSA) is 74.2 Å². The molecule has 0 unspecified atom stereocenters. The molecule has 0 radical (unpaired) electrons. The average molecular weight is 391 g/mol. The minimum absolute atomic E-state index is 0.00532. The Kier molecular flexibility index (Phi) is 4.96. The molecule has 2 heterocycles. The lowest BCUT2D eigenvalue weighted by Gasteiger charge is -2.37. The normalized spacial score (nSPS) is 14.3. The van der Waals surface area contributed by atoms with Crippen molar-refractivity contribution in [1.82, 2.24) is 19.7 Å². The van der Waals surface area contributed by atoms with Crippen LogP contribution < -0.4 is 10.6 Å². The molecule has 1 aliphatic rings. The number of aromatic nitrogens is 3. The highest BCUT2D eigenvalue weighted by Crippen LogP contribution is 2.24. The Morgan fingerprint density at radius 2 is 1.76 bits per heavy atom. The average Bonchev–Trinajstić information content (AvgIpc) is 3.08. The first-order valence-corrected chi connectivity index (χ1v) is 9.78. The maximum atomic E-state index is 13.0. The molecule has 1 fully saturated rings. The van der Waals surface area contributed by atoms with Crippen molar-refractivity contribution in [2.24, 2.45) is 7.05 Å². The van der Waals surface area contributed by atoms with E-state index in [9.17, 15) is 9.59 Å². The molecule has 0 atom stereocenters. The largest absolute Gasteiger partial charge is 0.368 e. The number of amides is 1. The van der Waals surface area contributed by atoms with Gasteiger partial charge in [-0.15, -0.1) is 0 Å². The van der Waals surface area contributed by atoms with Crippen LogP contribution in [0.15, 0.2) is 47.3 Å². The maximum Gasteiger partial charge on any atom is 0.343 e. The Morgan fingerprint density at radius 3 is 2.45 bits per heavy atom. The summed E-state index contributed by atoms with van der Waals surface area (Å²) in [7, 11) is 1.59. The number of H-pyrrole nitrogens is 1. The molecule has 1 N–H and O–H groups in total. The van der Waals surface area contributed by atoms with Gasteiger partial charge in [0.15, 0.2) is 5.82 Å². The first kappa shape index (κ1) is 19.0. The van der Waals surface area contributed by atoms with E-state index in [-0.39, 0.29) is 11.6 Å². The second-order valence-corrected chi connectivity index (χ2v) is 7.48. The van der Waals surface area contributed by atoms with Crippen molar-refractivity contribution in [2.75, 3.05) is 31.1 Å². The Labute approximate surface area is 169 Å². The number of nitrogens with zero attached hydrogens (tertiary/aromatic N) is 4. The highest BCUT2D eigenvalue weighted by molar-refractivity contribution is 5.95. The highest BCUT2D eigenvalue weighted by atomic mass is 16.2. The summed E-state index contributed by atoms with van der Waals surface area (Å²) < 4.78 is 1.25. The van der Waals surface area contributed by atoms with Crippen LogP contribution in [0, 0.1) is 13.8 Å². The van der Waals surface area contributed by atoms with Crippen molar-refractivity contribution < 1.29 is 4.79 Å². The van der Waals surface area contributed by atoms with Crippen LogP contribution in [0.5, 0.6) is 0 Å². The molecular weight excluding hydrogens is 366 g/mol. The van der Waals surface area contributed by atoms with Crippen molar-refractivity contribution >= 4 is 11.6 Å². The zero-order chi connectivity index (χ0) is 20.5. The van der Waals surface area contributed by atoms with E-state index in [0.717, 1.165) is 18.7 Å². The van der Waals surface area contributed by atoms with Crippen molar-refractivity contribution in [3.63, 3.8) is 0 Å². The minimum atomic E-state index is -0.278. The smallest absolute Gasteiger partial charge is 0.343 e. The fourth-order valence-corrected chi connectivity index (χ4v) is 3.74. The molecule has 3 aromatic rings. The number of carbonyl (C=O) groups is 1. The first-order valence-electron chi connectivity index (χ1n) is 9.78. The van der Waals surface area contributed by atoms with E-state index in [0.29, 0.717) is 24.5 Å². The van der Waals surface area contributed by atoms with Gasteiger partial charge in [-0.2, -0.15) is 5.10 Å². The second-order valence-electron chi connectivity index (χ2n) is 7.48. The summed E-state index contributed by atoms with van der Waals surface area (Å²) in [5, 5.41) is 4.17. The highest BCUT2D eigenvalue weighted by Gasteiger charge is 2.23. The molecule has 7 nitrogen and oxygen atoms in total. The zero-order valence-electron chi connectivity index (χ0n) is 17.0. The Balaban J connectivity index is 1.48. The molecule has 1 amide bonds. The zero-order valence-corrected chi connectivity index (χ0v) is 17.0. The van der Waals surface area contributed by atoms with Gasteiger partial charge in [-0.3, -0.25) is 9.78 Å². The Morgan fingerprint density at radius 1 is 1.03 bits per heavy atom. The molecule has 7 heteroatoms. The summed E-state index contributed by atoms with van der Waals surface area (Å²) in [5.41, 5.74) is 4.88. The number of nitrogens with one attached hydrogen (secondary N) is 1. The number of benzene rings is 2. The van der Waals surface area contributed by atoms with E-state index in [1.807, 2.05) is 23.1 Å². The fraction of sp³-hybridized carbons (Fsp3) is 0.318. The Hall–Kier alpha value is -3.35. The SMILES string of the molecule is Cc1cccc(N2CCN(C(=O)c3cccc(-c4nn(C)c(=O)[nH]4)c3)CC2)c1C. The summed E-state index contributed by atoms with van der Waals surface area (Å²) in [6.07, 6.45) is 0. The van der Waals surface area contributed by atoms with Gasteiger partial charge in [0.2, 0.25) is 0 Å². The molecule has 0 bridgehead atoms. The predicted octanol–water partition coefficient (Wildman–Crippen LogP) is 2.35. The van der Waals surface area contributed by atoms with Crippen LogP contribution >= 0.6 is 0 Å². The molecular formula is C22H25N5O2. The van der Waals surface area contributed by atoms with Gasteiger partial charge in [0.05, 0.1) is 0 Å². The van der Waals surface area contributed by atoms with Gasteiger partial charge in [-0.1, -0.05) is 24.3 Å². The van der Waals surface area contributed by atoms with E-state index in [1.54, 1.807) is 13.1 Å². The second kappa shape index (κ2) is 7.58. The summed E-state index contributed by atoms with van der Waals surface area (Å²) in [5.74, 6) is 0.470. The van der Waals surface area contributed by atoms with Crippen molar-refractivity contribution in [3.05, 3.63) is 69.6 Å². The maximum absolute atomic E-state index is 13.0. The van der Waals surface area contributed by atoms with Crippen molar-refractivity contribution in [2.45, 2.75) is 13.8 Å². The van der Waals surface area contributed by atoms with Gasteiger partial charge >= 0.3 is 5.69 Å². The Bertz CT molecular complexity index is 1110. The number of aryl methyl sites for hydroxylation is 2. The lowest BCUT2D eigenvalue weighted by Crippen LogP contribution is -2.49. The third-order valence-corrected chi connectivity index (χ3v) is 5.64. The van der Waals surface area contributed by atoms with Crippen molar-refractivity contribution in [1.29, 1.82) is 0 Å². The molecule has 29 heavy (non-hydrogen) atoms. The number of rotatable bonds is 3. The van der Waals surface area contributed by atoms with Crippen molar-refractivity contribution in [3.8, 4) is 11.4 Å². The number of piperazine rings is 1. The van der Waals surface area contributed by atoms with Gasteiger partial charge in [0.25, 0.3) is 5.91 Å². The molecule has 1 aromatic heterocycles. The van der Waals surface area contributed by atoms with Crippen LogP contribution in [0.4, 0.5) is 5.69 Å². The van der Waals surface area contributed by atoms with Gasteiger partial charge < -0.3 is 9.80 Å². The van der Waals surface area contributed by atoms with Crippen LogP contribution in [-0.2, 0) is 7.05 Å². The number of carbonyl (C=O) groups excluding carboxylic acids is 1. The van der Waals surface area contributed by atoms with Crippen LogP contribution in [-0.4, -0.2) is 51.8 Å². The van der Waals surface area contributed by atoms with Gasteiger partial charge in [-0.05, 0) is 43.2 Å².